The van der Waals surface area contributed by atoms with Crippen molar-refractivity contribution in [3.8, 4) is 11.1 Å². The second kappa shape index (κ2) is 13.0. The summed E-state index contributed by atoms with van der Waals surface area (Å²) in [7, 11) is 0. The number of anilines is 1. The zero-order valence-corrected chi connectivity index (χ0v) is 18.8. The van der Waals surface area contributed by atoms with Crippen LogP contribution in [0.2, 0.25) is 0 Å². The Kier molecular flexibility index (Phi) is 9.48. The summed E-state index contributed by atoms with van der Waals surface area (Å²) >= 11 is 0. The van der Waals surface area contributed by atoms with Gasteiger partial charge in [-0.2, -0.15) is 0 Å². The summed E-state index contributed by atoms with van der Waals surface area (Å²) in [5, 5.41) is 8.80. The largest absolute Gasteiger partial charge is 0.356 e. The van der Waals surface area contributed by atoms with Crippen LogP contribution in [0.1, 0.15) is 24.8 Å². The summed E-state index contributed by atoms with van der Waals surface area (Å²) in [4.78, 5) is 24.8. The summed E-state index contributed by atoms with van der Waals surface area (Å²) in [6.45, 7) is 1.12. The monoisotopic (exact) mass is 444 g/mol. The van der Waals surface area contributed by atoms with E-state index < -0.39 is 0 Å². The molecule has 0 saturated heterocycles. The molecule has 172 valence electrons. The number of urea groups is 1. The van der Waals surface area contributed by atoms with E-state index in [9.17, 15) is 9.59 Å². The van der Waals surface area contributed by atoms with Gasteiger partial charge in [0.2, 0.25) is 5.91 Å². The molecule has 0 aliphatic carbocycles. The van der Waals surface area contributed by atoms with Crippen LogP contribution in [0, 0.1) is 0 Å². The lowest BCUT2D eigenvalue weighted by atomic mass is 10.0. The molecule has 0 unspecified atom stereocenters. The molecule has 0 saturated carbocycles. The maximum atomic E-state index is 12.7. The van der Waals surface area contributed by atoms with Crippen LogP contribution in [-0.4, -0.2) is 31.1 Å². The first-order valence-corrected chi connectivity index (χ1v) is 11.4. The Morgan fingerprint density at radius 3 is 2.12 bits per heavy atom. The van der Waals surface area contributed by atoms with Crippen LogP contribution in [0.3, 0.4) is 0 Å². The Labute approximate surface area is 195 Å². The molecule has 33 heavy (non-hydrogen) atoms. The van der Waals surface area contributed by atoms with E-state index in [1.165, 1.54) is 0 Å². The number of hydrogen-bond donors (Lipinski definition) is 4. The van der Waals surface area contributed by atoms with Gasteiger partial charge in [-0.05, 0) is 54.6 Å². The van der Waals surface area contributed by atoms with E-state index in [1.807, 2.05) is 72.8 Å². The molecule has 3 aromatic carbocycles. The van der Waals surface area contributed by atoms with Gasteiger partial charge >= 0.3 is 6.03 Å². The van der Waals surface area contributed by atoms with Crippen LogP contribution in [0.15, 0.2) is 84.9 Å². The van der Waals surface area contributed by atoms with Crippen molar-refractivity contribution in [3.63, 3.8) is 0 Å². The van der Waals surface area contributed by atoms with E-state index >= 15 is 0 Å². The molecule has 0 bridgehead atoms. The first-order valence-electron chi connectivity index (χ1n) is 11.4. The van der Waals surface area contributed by atoms with Crippen LogP contribution in [-0.2, 0) is 11.2 Å². The quantitative estimate of drug-likeness (QED) is 0.331. The van der Waals surface area contributed by atoms with Gasteiger partial charge in [0.15, 0.2) is 0 Å². The first kappa shape index (κ1) is 24.0. The van der Waals surface area contributed by atoms with Gasteiger partial charge in [-0.3, -0.25) is 4.79 Å². The van der Waals surface area contributed by atoms with Crippen molar-refractivity contribution in [1.29, 1.82) is 0 Å². The molecule has 5 N–H and O–H groups in total. The fourth-order valence-electron chi connectivity index (χ4n) is 3.58. The van der Waals surface area contributed by atoms with Crippen molar-refractivity contribution in [3.05, 3.63) is 90.5 Å². The molecule has 0 radical (unpaired) electrons. The Morgan fingerprint density at radius 1 is 0.818 bits per heavy atom. The molecule has 6 heteroatoms. The SMILES string of the molecule is NCCCNC(=O)CC[C@H](Cc1ccccc1)NC(=O)Nc1ccc(-c2ccccc2)cc1. The van der Waals surface area contributed by atoms with E-state index in [0.717, 1.165) is 23.1 Å². The number of carbonyl (C=O) groups excluding carboxylic acids is 2. The third kappa shape index (κ3) is 8.43. The van der Waals surface area contributed by atoms with Crippen LogP contribution >= 0.6 is 0 Å². The number of rotatable bonds is 11. The standard InChI is InChI=1S/C27H32N4O2/c28-18-7-19-29-26(32)17-16-25(20-21-8-3-1-4-9-21)31-27(33)30-24-14-12-23(13-15-24)22-10-5-2-6-11-22/h1-6,8-15,25H,7,16-20,28H2,(H,29,32)(H2,30,31,33)/t25-/m1/s1. The molecule has 0 aliphatic rings. The number of carbonyl (C=O) groups is 2. The van der Waals surface area contributed by atoms with E-state index in [2.05, 4.69) is 28.1 Å². The van der Waals surface area contributed by atoms with Crippen LogP contribution < -0.4 is 21.7 Å². The molecule has 1 atom stereocenters. The van der Waals surface area contributed by atoms with E-state index in [1.54, 1.807) is 0 Å². The Balaban J connectivity index is 1.57. The van der Waals surface area contributed by atoms with Gasteiger partial charge < -0.3 is 21.7 Å². The summed E-state index contributed by atoms with van der Waals surface area (Å²) < 4.78 is 0. The van der Waals surface area contributed by atoms with Crippen molar-refractivity contribution >= 4 is 17.6 Å². The number of nitrogens with one attached hydrogen (secondary N) is 3. The Bertz CT molecular complexity index is 992. The summed E-state index contributed by atoms with van der Waals surface area (Å²) in [5.41, 5.74) is 9.51. The van der Waals surface area contributed by atoms with E-state index in [4.69, 9.17) is 5.73 Å². The fourth-order valence-corrected chi connectivity index (χ4v) is 3.58. The summed E-state index contributed by atoms with van der Waals surface area (Å²) in [6.07, 6.45) is 2.29. The molecule has 3 amide bonds. The third-order valence-electron chi connectivity index (χ3n) is 5.33. The van der Waals surface area contributed by atoms with Gasteiger partial charge in [0.05, 0.1) is 0 Å². The molecule has 0 spiro atoms. The van der Waals surface area contributed by atoms with Gasteiger partial charge in [-0.15, -0.1) is 0 Å². The van der Waals surface area contributed by atoms with Gasteiger partial charge in [0.1, 0.15) is 0 Å². The van der Waals surface area contributed by atoms with Crippen LogP contribution in [0.25, 0.3) is 11.1 Å². The van der Waals surface area contributed by atoms with Crippen LogP contribution in [0.4, 0.5) is 10.5 Å². The summed E-state index contributed by atoms with van der Waals surface area (Å²) in [6, 6.07) is 27.3. The van der Waals surface area contributed by atoms with Gasteiger partial charge in [-0.1, -0.05) is 72.8 Å². The smallest absolute Gasteiger partial charge is 0.319 e. The molecule has 0 aliphatic heterocycles. The van der Waals surface area contributed by atoms with Gasteiger partial charge in [-0.25, -0.2) is 4.79 Å². The van der Waals surface area contributed by atoms with Gasteiger partial charge in [0, 0.05) is 24.7 Å². The van der Waals surface area contributed by atoms with Crippen molar-refractivity contribution in [2.24, 2.45) is 5.73 Å². The number of hydrogen-bond acceptors (Lipinski definition) is 3. The van der Waals surface area contributed by atoms with Crippen LogP contribution in [0.5, 0.6) is 0 Å². The molecule has 0 fully saturated rings. The van der Waals surface area contributed by atoms with Crippen molar-refractivity contribution in [2.45, 2.75) is 31.7 Å². The molecule has 0 aromatic heterocycles. The minimum atomic E-state index is -0.285. The fraction of sp³-hybridized carbons (Fsp3) is 0.259. The molecule has 3 rings (SSSR count). The highest BCUT2D eigenvalue weighted by Gasteiger charge is 2.15. The lowest BCUT2D eigenvalue weighted by molar-refractivity contribution is -0.121. The highest BCUT2D eigenvalue weighted by molar-refractivity contribution is 5.89. The molecule has 3 aromatic rings. The maximum absolute atomic E-state index is 12.7. The van der Waals surface area contributed by atoms with Crippen molar-refractivity contribution in [1.82, 2.24) is 10.6 Å². The average Bonchev–Trinajstić information content (AvgIpc) is 2.84. The molecular weight excluding hydrogens is 412 g/mol. The number of amides is 3. The molecular formula is C27H32N4O2. The zero-order chi connectivity index (χ0) is 23.3. The predicted octanol–water partition coefficient (Wildman–Crippen LogP) is 4.33. The van der Waals surface area contributed by atoms with E-state index in [0.29, 0.717) is 38.0 Å². The third-order valence-corrected chi connectivity index (χ3v) is 5.33. The molecule has 6 nitrogen and oxygen atoms in total. The van der Waals surface area contributed by atoms with Crippen molar-refractivity contribution < 1.29 is 9.59 Å². The Morgan fingerprint density at radius 2 is 1.45 bits per heavy atom. The van der Waals surface area contributed by atoms with Gasteiger partial charge in [0.25, 0.3) is 0 Å². The minimum Gasteiger partial charge on any atom is -0.356 e. The second-order valence-corrected chi connectivity index (χ2v) is 7.96. The second-order valence-electron chi connectivity index (χ2n) is 7.96. The first-order chi connectivity index (χ1) is 16.1. The number of benzene rings is 3. The topological polar surface area (TPSA) is 96.2 Å². The summed E-state index contributed by atoms with van der Waals surface area (Å²) in [5.74, 6) is -0.0276. The maximum Gasteiger partial charge on any atom is 0.319 e. The van der Waals surface area contributed by atoms with E-state index in [-0.39, 0.29) is 18.0 Å². The minimum absolute atomic E-state index is 0.0276. The molecule has 0 heterocycles. The number of nitrogens with two attached hydrogens (primary N) is 1. The lowest BCUT2D eigenvalue weighted by Gasteiger charge is -2.19. The predicted molar refractivity (Wildman–Crippen MR) is 134 cm³/mol. The zero-order valence-electron chi connectivity index (χ0n) is 18.8. The normalized spacial score (nSPS) is 11.4. The highest BCUT2D eigenvalue weighted by Crippen LogP contribution is 2.21. The highest BCUT2D eigenvalue weighted by atomic mass is 16.2. The lowest BCUT2D eigenvalue weighted by Crippen LogP contribution is -2.40. The van der Waals surface area contributed by atoms with Crippen molar-refractivity contribution in [2.75, 3.05) is 18.4 Å². The average molecular weight is 445 g/mol. The Hall–Kier alpha value is -3.64.